The van der Waals surface area contributed by atoms with E-state index in [4.69, 9.17) is 16.3 Å². The third-order valence-corrected chi connectivity index (χ3v) is 7.89. The summed E-state index contributed by atoms with van der Waals surface area (Å²) in [5.74, 6) is 0.0712. The summed E-state index contributed by atoms with van der Waals surface area (Å²) in [6.45, 7) is 1.33. The van der Waals surface area contributed by atoms with E-state index in [1.54, 1.807) is 15.9 Å². The van der Waals surface area contributed by atoms with Crippen LogP contribution in [0, 0.1) is 11.8 Å². The highest BCUT2D eigenvalue weighted by Gasteiger charge is 2.40. The van der Waals surface area contributed by atoms with Gasteiger partial charge < -0.3 is 14.5 Å². The van der Waals surface area contributed by atoms with Crippen LogP contribution in [-0.4, -0.2) is 71.5 Å². The first-order valence-corrected chi connectivity index (χ1v) is 13.3. The molecule has 1 aromatic carbocycles. The Balaban J connectivity index is 1.17. The number of hydrogen-bond acceptors (Lipinski definition) is 7. The number of fused-ring (bicyclic) bond motifs is 2. The highest BCUT2D eigenvalue weighted by Crippen LogP contribution is 2.33. The number of aromatic amines is 1. The van der Waals surface area contributed by atoms with Crippen molar-refractivity contribution in [3.05, 3.63) is 51.9 Å². The average molecular weight is 506 g/mol. The number of benzene rings is 1. The number of aryl methyl sites for hydroxylation is 1. The predicted octanol–water partition coefficient (Wildman–Crippen LogP) is 1.96. The first kappa shape index (κ1) is 22.9. The van der Waals surface area contributed by atoms with Crippen LogP contribution in [-0.2, 0) is 38.8 Å². The first-order chi connectivity index (χ1) is 16.2. The Labute approximate surface area is 201 Å². The van der Waals surface area contributed by atoms with Gasteiger partial charge in [-0.15, -0.1) is 5.10 Å². The lowest BCUT2D eigenvalue weighted by Crippen LogP contribution is -2.37. The Kier molecular flexibility index (Phi) is 5.85. The second kappa shape index (κ2) is 8.70. The van der Waals surface area contributed by atoms with Crippen molar-refractivity contribution in [1.82, 2.24) is 25.2 Å². The van der Waals surface area contributed by atoms with Gasteiger partial charge in [-0.25, -0.2) is 13.2 Å². The number of ether oxygens (including phenoxy) is 1. The van der Waals surface area contributed by atoms with Gasteiger partial charge in [0.25, 0.3) is 0 Å². The number of rotatable bonds is 4. The third-order valence-electron chi connectivity index (χ3n) is 6.58. The van der Waals surface area contributed by atoms with E-state index >= 15 is 0 Å². The Hall–Kier alpha value is -2.92. The maximum atomic E-state index is 13.0. The largest absolute Gasteiger partial charge is 0.445 e. The van der Waals surface area contributed by atoms with E-state index in [1.807, 2.05) is 6.20 Å². The molecule has 0 spiro atoms. The molecule has 1 unspecified atom stereocenters. The lowest BCUT2D eigenvalue weighted by atomic mass is 9.89. The number of hydrogen-bond donors (Lipinski definition) is 1. The number of nitrogens with one attached hydrogen (secondary N) is 1. The van der Waals surface area contributed by atoms with Crippen LogP contribution in [0.4, 0.5) is 4.79 Å². The van der Waals surface area contributed by atoms with Gasteiger partial charge in [-0.2, -0.15) is 0 Å². The Morgan fingerprint density at radius 3 is 2.85 bits per heavy atom. The van der Waals surface area contributed by atoms with E-state index < -0.39 is 15.9 Å². The standard InChI is InChI=1S/C22H24ClN5O5S/c1-34(31,32)18-5-13(4-17(23)7-18)12-33-22(30)28-10-15-8-27(9-16(15)11-28)21(29)14-2-3-19-20(6-14)25-26-24-19/h4-5,7-8,14,16H,2-3,6,9-12H2,1H3,(H,24,25,26)/t14?,16-/m0/s1. The quantitative estimate of drug-likeness (QED) is 0.673. The number of amides is 2. The van der Waals surface area contributed by atoms with Crippen LogP contribution in [0.5, 0.6) is 0 Å². The molecule has 1 saturated heterocycles. The summed E-state index contributed by atoms with van der Waals surface area (Å²) in [6, 6.07) is 4.38. The topological polar surface area (TPSA) is 126 Å². The zero-order chi connectivity index (χ0) is 24.0. The Bertz CT molecular complexity index is 1290. The second-order valence-electron chi connectivity index (χ2n) is 9.07. The lowest BCUT2D eigenvalue weighted by Gasteiger charge is -2.25. The summed E-state index contributed by atoms with van der Waals surface area (Å²) in [5.41, 5.74) is 3.42. The van der Waals surface area contributed by atoms with E-state index in [0.29, 0.717) is 31.6 Å². The molecule has 10 nitrogen and oxygen atoms in total. The zero-order valence-electron chi connectivity index (χ0n) is 18.5. The van der Waals surface area contributed by atoms with Crippen LogP contribution in [0.3, 0.4) is 0 Å². The van der Waals surface area contributed by atoms with Gasteiger partial charge in [0.2, 0.25) is 5.91 Å². The van der Waals surface area contributed by atoms with Crippen molar-refractivity contribution in [2.24, 2.45) is 11.8 Å². The molecule has 34 heavy (non-hydrogen) atoms. The molecule has 1 aliphatic carbocycles. The van der Waals surface area contributed by atoms with Gasteiger partial charge in [0.1, 0.15) is 6.61 Å². The number of halogens is 1. The minimum Gasteiger partial charge on any atom is -0.445 e. The van der Waals surface area contributed by atoms with Crippen molar-refractivity contribution >= 4 is 33.4 Å². The number of carbonyl (C=O) groups is 2. The van der Waals surface area contributed by atoms with Gasteiger partial charge in [0, 0.05) is 55.4 Å². The fourth-order valence-electron chi connectivity index (χ4n) is 4.79. The summed E-state index contributed by atoms with van der Waals surface area (Å²) in [6.07, 6.45) is 4.61. The van der Waals surface area contributed by atoms with Crippen molar-refractivity contribution in [3.8, 4) is 0 Å². The van der Waals surface area contributed by atoms with Crippen molar-refractivity contribution < 1.29 is 22.7 Å². The minimum atomic E-state index is -3.43. The van der Waals surface area contributed by atoms with E-state index in [0.717, 1.165) is 36.1 Å². The number of carbonyl (C=O) groups excluding carboxylic acids is 2. The van der Waals surface area contributed by atoms with E-state index in [9.17, 15) is 18.0 Å². The molecule has 0 radical (unpaired) electrons. The second-order valence-corrected chi connectivity index (χ2v) is 11.5. The fourth-order valence-corrected chi connectivity index (χ4v) is 5.82. The molecule has 180 valence electrons. The van der Waals surface area contributed by atoms with Crippen LogP contribution >= 0.6 is 11.6 Å². The van der Waals surface area contributed by atoms with Crippen molar-refractivity contribution in [2.45, 2.75) is 30.8 Å². The summed E-state index contributed by atoms with van der Waals surface area (Å²) in [7, 11) is -3.43. The van der Waals surface area contributed by atoms with Crippen LogP contribution in [0.1, 0.15) is 23.4 Å². The molecule has 3 aliphatic rings. The van der Waals surface area contributed by atoms with Crippen LogP contribution in [0.25, 0.3) is 0 Å². The molecule has 1 aromatic heterocycles. The third kappa shape index (κ3) is 4.54. The monoisotopic (exact) mass is 505 g/mol. The molecule has 3 heterocycles. The zero-order valence-corrected chi connectivity index (χ0v) is 20.1. The van der Waals surface area contributed by atoms with Crippen LogP contribution in [0.2, 0.25) is 5.02 Å². The van der Waals surface area contributed by atoms with Gasteiger partial charge in [-0.1, -0.05) is 16.8 Å². The van der Waals surface area contributed by atoms with E-state index in [2.05, 4.69) is 15.4 Å². The maximum Gasteiger partial charge on any atom is 0.410 e. The van der Waals surface area contributed by atoms with E-state index in [1.165, 1.54) is 12.1 Å². The highest BCUT2D eigenvalue weighted by molar-refractivity contribution is 7.90. The SMILES string of the molecule is CS(=O)(=O)c1cc(Cl)cc(COC(=O)N2CC3=CN(C(=O)C4CCc5[nH]nnc5C4)C[C@H]3C2)c1. The van der Waals surface area contributed by atoms with Crippen molar-refractivity contribution in [3.63, 3.8) is 0 Å². The summed E-state index contributed by atoms with van der Waals surface area (Å²) in [4.78, 5) is 29.1. The molecule has 0 bridgehead atoms. The molecule has 0 saturated carbocycles. The highest BCUT2D eigenvalue weighted by atomic mass is 35.5. The van der Waals surface area contributed by atoms with E-state index in [-0.39, 0.29) is 34.3 Å². The molecule has 2 aliphatic heterocycles. The predicted molar refractivity (Wildman–Crippen MR) is 122 cm³/mol. The minimum absolute atomic E-state index is 0.0782. The molecular formula is C22H24ClN5O5S. The Morgan fingerprint density at radius 1 is 1.26 bits per heavy atom. The Morgan fingerprint density at radius 2 is 2.09 bits per heavy atom. The van der Waals surface area contributed by atoms with Crippen molar-refractivity contribution in [1.29, 1.82) is 0 Å². The molecule has 2 amide bonds. The molecule has 2 atom stereocenters. The van der Waals surface area contributed by atoms with Crippen LogP contribution in [0.15, 0.2) is 34.9 Å². The number of nitrogens with zero attached hydrogens (tertiary/aromatic N) is 4. The normalized spacial score (nSPS) is 21.8. The molecule has 5 rings (SSSR count). The number of likely N-dealkylation sites (tertiary alicyclic amines) is 1. The lowest BCUT2D eigenvalue weighted by molar-refractivity contribution is -0.133. The smallest absolute Gasteiger partial charge is 0.410 e. The maximum absolute atomic E-state index is 13.0. The molecule has 1 N–H and O–H groups in total. The molecule has 1 fully saturated rings. The average Bonchev–Trinajstić information content (AvgIpc) is 3.50. The first-order valence-electron chi connectivity index (χ1n) is 11.0. The van der Waals surface area contributed by atoms with Gasteiger partial charge in [0.15, 0.2) is 9.84 Å². The van der Waals surface area contributed by atoms with Gasteiger partial charge in [-0.3, -0.25) is 9.89 Å². The summed E-state index contributed by atoms with van der Waals surface area (Å²) in [5, 5.41) is 11.1. The molecule has 2 aromatic rings. The number of sulfone groups is 1. The fraction of sp³-hybridized carbons (Fsp3) is 0.455. The molecular weight excluding hydrogens is 482 g/mol. The van der Waals surface area contributed by atoms with Gasteiger partial charge in [-0.05, 0) is 42.2 Å². The van der Waals surface area contributed by atoms with Gasteiger partial charge >= 0.3 is 6.09 Å². The number of H-pyrrole nitrogens is 1. The summed E-state index contributed by atoms with van der Waals surface area (Å²) < 4.78 is 29.0. The summed E-state index contributed by atoms with van der Waals surface area (Å²) >= 11 is 6.01. The van der Waals surface area contributed by atoms with Crippen molar-refractivity contribution in [2.75, 3.05) is 25.9 Å². The molecule has 12 heteroatoms. The van der Waals surface area contributed by atoms with Gasteiger partial charge in [0.05, 0.1) is 16.3 Å². The number of aromatic nitrogens is 3. The van der Waals surface area contributed by atoms with Crippen LogP contribution < -0.4 is 0 Å².